The van der Waals surface area contributed by atoms with Gasteiger partial charge in [-0.1, -0.05) is 6.08 Å². The molecule has 2 heterocycles. The fraction of sp³-hybridized carbons (Fsp3) is 0.842. The van der Waals surface area contributed by atoms with Crippen molar-refractivity contribution >= 4 is 29.1 Å². The van der Waals surface area contributed by atoms with E-state index in [0.29, 0.717) is 30.6 Å². The third-order valence-corrected chi connectivity index (χ3v) is 7.01. The molecule has 2 aliphatic carbocycles. The molecule has 0 aromatic heterocycles. The van der Waals surface area contributed by atoms with E-state index in [-0.39, 0.29) is 22.7 Å². The molecule has 0 aromatic rings. The van der Waals surface area contributed by atoms with E-state index in [1.165, 1.54) is 6.42 Å². The number of allylic oxidation sites excluding steroid dienone is 1. The summed E-state index contributed by atoms with van der Waals surface area (Å²) in [5.41, 5.74) is 4.20. The molecule has 0 radical (unpaired) electrons. The topological polar surface area (TPSA) is 41.6 Å². The van der Waals surface area contributed by atoms with Crippen LogP contribution in [0.4, 0.5) is 0 Å². The Balaban J connectivity index is 1.39. The highest BCUT2D eigenvalue weighted by Gasteiger charge is 2.40. The van der Waals surface area contributed by atoms with Crippen molar-refractivity contribution in [1.29, 1.82) is 0 Å². The van der Waals surface area contributed by atoms with E-state index in [1.54, 1.807) is 5.01 Å². The maximum Gasteiger partial charge on any atom is 0.265 e. The first-order chi connectivity index (χ1) is 12.0. The predicted molar refractivity (Wildman–Crippen MR) is 99.6 cm³/mol. The van der Waals surface area contributed by atoms with Crippen LogP contribution >= 0.6 is 23.2 Å². The molecule has 0 bridgehead atoms. The number of nitrogens with one attached hydrogen (secondary N) is 1. The van der Waals surface area contributed by atoms with E-state index in [1.807, 2.05) is 0 Å². The van der Waals surface area contributed by atoms with E-state index in [0.717, 1.165) is 44.1 Å². The van der Waals surface area contributed by atoms with Crippen LogP contribution in [0, 0.1) is 11.8 Å². The first kappa shape index (κ1) is 18.1. The number of hydrazine groups is 1. The van der Waals surface area contributed by atoms with Crippen molar-refractivity contribution in [3.63, 3.8) is 0 Å². The van der Waals surface area contributed by atoms with E-state index in [9.17, 15) is 4.79 Å². The second kappa shape index (κ2) is 7.38. The summed E-state index contributed by atoms with van der Waals surface area (Å²) < 4.78 is 5.99. The number of nitrogens with zero attached hydrogens (tertiary/aromatic N) is 1. The lowest BCUT2D eigenvalue weighted by molar-refractivity contribution is -0.130. The van der Waals surface area contributed by atoms with Crippen molar-refractivity contribution in [3.05, 3.63) is 11.6 Å². The number of fused-ring (bicyclic) bond motifs is 1. The number of alkyl halides is 2. The maximum absolute atomic E-state index is 12.9. The Hall–Kier alpha value is -0.290. The van der Waals surface area contributed by atoms with Crippen LogP contribution in [0.2, 0.25) is 0 Å². The van der Waals surface area contributed by atoms with Crippen molar-refractivity contribution in [3.8, 4) is 0 Å². The average molecular weight is 387 g/mol. The van der Waals surface area contributed by atoms with Gasteiger partial charge < -0.3 is 4.74 Å². The minimum absolute atomic E-state index is 0.0588. The number of ether oxygens (including phenoxy) is 1. The third kappa shape index (κ3) is 3.87. The van der Waals surface area contributed by atoms with Crippen LogP contribution in [-0.2, 0) is 9.53 Å². The van der Waals surface area contributed by atoms with Gasteiger partial charge in [0.25, 0.3) is 5.91 Å². The fourth-order valence-electron chi connectivity index (χ4n) is 5.18. The minimum atomic E-state index is 0.0588. The van der Waals surface area contributed by atoms with Gasteiger partial charge in [0.15, 0.2) is 0 Å². The van der Waals surface area contributed by atoms with Gasteiger partial charge in [-0.15, -0.1) is 23.2 Å². The molecule has 4 fully saturated rings. The Bertz CT molecular complexity index is 546. The summed E-state index contributed by atoms with van der Waals surface area (Å²) in [6.45, 7) is 2.80. The Morgan fingerprint density at radius 3 is 2.64 bits per heavy atom. The smallest absolute Gasteiger partial charge is 0.265 e. The van der Waals surface area contributed by atoms with Crippen LogP contribution < -0.4 is 5.43 Å². The summed E-state index contributed by atoms with van der Waals surface area (Å²) in [6.07, 6.45) is 10.1. The van der Waals surface area contributed by atoms with Crippen molar-refractivity contribution in [1.82, 2.24) is 10.4 Å². The third-order valence-electron chi connectivity index (χ3n) is 6.30. The first-order valence-electron chi connectivity index (χ1n) is 9.71. The molecule has 140 valence electrons. The molecule has 0 aromatic carbocycles. The second-order valence-electron chi connectivity index (χ2n) is 8.31. The zero-order chi connectivity index (χ0) is 17.6. The molecule has 4 aliphatic rings. The van der Waals surface area contributed by atoms with Crippen LogP contribution in [0.25, 0.3) is 0 Å². The quantitative estimate of drug-likeness (QED) is 0.581. The van der Waals surface area contributed by atoms with Gasteiger partial charge in [-0.3, -0.25) is 9.80 Å². The molecule has 1 amide bonds. The normalized spacial score (nSPS) is 46.7. The van der Waals surface area contributed by atoms with E-state index in [2.05, 4.69) is 18.4 Å². The van der Waals surface area contributed by atoms with Gasteiger partial charge in [-0.05, 0) is 63.7 Å². The van der Waals surface area contributed by atoms with Gasteiger partial charge in [-0.25, -0.2) is 5.43 Å². The second-order valence-corrected chi connectivity index (χ2v) is 9.55. The number of rotatable bonds is 2. The summed E-state index contributed by atoms with van der Waals surface area (Å²) in [7, 11) is 0. The first-order valence-corrected chi connectivity index (χ1v) is 10.6. The molecule has 2 saturated heterocycles. The Kier molecular flexibility index (Phi) is 5.34. The molecular formula is C19H28Cl2N2O2. The van der Waals surface area contributed by atoms with Crippen LogP contribution in [-0.4, -0.2) is 46.5 Å². The van der Waals surface area contributed by atoms with Crippen LogP contribution in [0.1, 0.15) is 51.9 Å². The lowest BCUT2D eigenvalue weighted by Gasteiger charge is -2.34. The molecule has 4 rings (SSSR count). The number of hydrogen-bond acceptors (Lipinski definition) is 3. The lowest BCUT2D eigenvalue weighted by Crippen LogP contribution is -2.47. The maximum atomic E-state index is 12.9. The van der Waals surface area contributed by atoms with Crippen molar-refractivity contribution in [2.75, 3.05) is 6.54 Å². The molecular weight excluding hydrogens is 359 g/mol. The largest absolute Gasteiger partial charge is 0.375 e. The van der Waals surface area contributed by atoms with Crippen molar-refractivity contribution in [2.45, 2.75) is 80.9 Å². The molecule has 5 unspecified atom stereocenters. The summed E-state index contributed by atoms with van der Waals surface area (Å²) >= 11 is 12.6. The molecule has 6 atom stereocenters. The Morgan fingerprint density at radius 2 is 1.88 bits per heavy atom. The van der Waals surface area contributed by atoms with Gasteiger partial charge in [0.05, 0.1) is 18.2 Å². The van der Waals surface area contributed by atoms with Crippen molar-refractivity contribution < 1.29 is 9.53 Å². The Morgan fingerprint density at radius 1 is 1.12 bits per heavy atom. The number of amides is 1. The zero-order valence-corrected chi connectivity index (χ0v) is 16.3. The number of hydrogen-bond donors (Lipinski definition) is 1. The standard InChI is InChI=1S/C19H28Cl2N2O2/c1-11-4-13-5-12(2-3-18(13)25-11)6-14-10-22-23(19(14)24)17-8-15(20)7-16(21)9-17/h6,11-13,15-18,22H,2-5,7-10H2,1H3/b14-6+/t11-,12?,13?,15?,16?,17?,18?/m0/s1. The number of halogens is 2. The van der Waals surface area contributed by atoms with E-state index < -0.39 is 0 Å². The van der Waals surface area contributed by atoms with Gasteiger partial charge >= 0.3 is 0 Å². The monoisotopic (exact) mass is 386 g/mol. The summed E-state index contributed by atoms with van der Waals surface area (Å²) in [5, 5.41) is 1.91. The highest BCUT2D eigenvalue weighted by atomic mass is 35.5. The molecule has 2 saturated carbocycles. The summed E-state index contributed by atoms with van der Waals surface area (Å²) in [5.74, 6) is 1.29. The average Bonchev–Trinajstić information content (AvgIpc) is 3.08. The molecule has 2 aliphatic heterocycles. The van der Waals surface area contributed by atoms with Gasteiger partial charge in [-0.2, -0.15) is 0 Å². The van der Waals surface area contributed by atoms with Crippen molar-refractivity contribution in [2.24, 2.45) is 11.8 Å². The molecule has 4 nitrogen and oxygen atoms in total. The SMILES string of the molecule is C[C@H]1CC2CC(/C=C3\CNN(C4CC(Cl)CC(Cl)C4)C3=O)CCC2O1. The number of carbonyl (C=O) groups is 1. The van der Waals surface area contributed by atoms with Crippen LogP contribution in [0.15, 0.2) is 11.6 Å². The summed E-state index contributed by atoms with van der Waals surface area (Å²) in [6, 6.07) is 0.108. The predicted octanol–water partition coefficient (Wildman–Crippen LogP) is 3.62. The Labute approximate surface area is 160 Å². The number of carbonyl (C=O) groups excluding carboxylic acids is 1. The highest BCUT2D eigenvalue weighted by Crippen LogP contribution is 2.41. The molecule has 0 spiro atoms. The fourth-order valence-corrected chi connectivity index (χ4v) is 6.11. The molecule has 25 heavy (non-hydrogen) atoms. The van der Waals surface area contributed by atoms with Crippen LogP contribution in [0.5, 0.6) is 0 Å². The lowest BCUT2D eigenvalue weighted by atomic mass is 9.78. The van der Waals surface area contributed by atoms with Gasteiger partial charge in [0.1, 0.15) is 0 Å². The zero-order valence-electron chi connectivity index (χ0n) is 14.8. The minimum Gasteiger partial charge on any atom is -0.375 e. The molecule has 1 N–H and O–H groups in total. The van der Waals surface area contributed by atoms with Gasteiger partial charge in [0.2, 0.25) is 0 Å². The van der Waals surface area contributed by atoms with Crippen LogP contribution in [0.3, 0.4) is 0 Å². The molecule has 6 heteroatoms. The van der Waals surface area contributed by atoms with Gasteiger partial charge in [0, 0.05) is 22.9 Å². The van der Waals surface area contributed by atoms with E-state index >= 15 is 0 Å². The van der Waals surface area contributed by atoms with E-state index in [4.69, 9.17) is 27.9 Å². The summed E-state index contributed by atoms with van der Waals surface area (Å²) in [4.78, 5) is 12.9. The highest BCUT2D eigenvalue weighted by molar-refractivity contribution is 6.23.